The first-order valence-electron chi connectivity index (χ1n) is 10.3. The molecular weight excluding hydrogens is 420 g/mol. The number of rotatable bonds is 4. The van der Waals surface area contributed by atoms with Gasteiger partial charge in [0.15, 0.2) is 16.3 Å². The van der Waals surface area contributed by atoms with Crippen molar-refractivity contribution < 1.29 is 9.21 Å². The molecule has 0 aliphatic carbocycles. The van der Waals surface area contributed by atoms with E-state index < -0.39 is 5.91 Å². The number of fused-ring (bicyclic) bond motifs is 2. The lowest BCUT2D eigenvalue weighted by Crippen LogP contribution is -2.31. The fourth-order valence-corrected chi connectivity index (χ4v) is 4.83. The van der Waals surface area contributed by atoms with Gasteiger partial charge < -0.3 is 4.42 Å². The van der Waals surface area contributed by atoms with Gasteiger partial charge in [0.05, 0.1) is 22.1 Å². The second kappa shape index (κ2) is 8.05. The van der Waals surface area contributed by atoms with Gasteiger partial charge in [-0.25, -0.2) is 4.98 Å². The first kappa shape index (κ1) is 20.2. The predicted molar refractivity (Wildman–Crippen MR) is 129 cm³/mol. The maximum absolute atomic E-state index is 13.6. The molecule has 1 amide bonds. The van der Waals surface area contributed by atoms with Crippen LogP contribution in [0, 0.1) is 13.8 Å². The summed E-state index contributed by atoms with van der Waals surface area (Å²) in [5, 5.41) is 1.02. The van der Waals surface area contributed by atoms with E-state index in [9.17, 15) is 9.59 Å². The Kier molecular flexibility index (Phi) is 5.07. The number of hydrogen-bond donors (Lipinski definition) is 0. The van der Waals surface area contributed by atoms with Crippen molar-refractivity contribution in [2.75, 3.05) is 4.90 Å². The Morgan fingerprint density at radius 3 is 2.56 bits per heavy atom. The van der Waals surface area contributed by atoms with Crippen LogP contribution in [0.25, 0.3) is 21.2 Å². The van der Waals surface area contributed by atoms with Crippen molar-refractivity contribution in [1.82, 2.24) is 4.98 Å². The molecule has 2 heterocycles. The fraction of sp³-hybridized carbons (Fsp3) is 0.115. The molecule has 5 aromatic rings. The molecule has 32 heavy (non-hydrogen) atoms. The van der Waals surface area contributed by atoms with Gasteiger partial charge in [0, 0.05) is 6.07 Å². The van der Waals surface area contributed by atoms with Crippen molar-refractivity contribution in [3.05, 3.63) is 105 Å². The van der Waals surface area contributed by atoms with Crippen LogP contribution in [0.1, 0.15) is 27.2 Å². The van der Waals surface area contributed by atoms with Crippen molar-refractivity contribution in [3.63, 3.8) is 0 Å². The Balaban J connectivity index is 1.64. The van der Waals surface area contributed by atoms with Gasteiger partial charge in [-0.15, -0.1) is 0 Å². The molecular formula is C26H20N2O3S. The van der Waals surface area contributed by atoms with Gasteiger partial charge in [-0.1, -0.05) is 59.9 Å². The van der Waals surface area contributed by atoms with Crippen LogP contribution in [-0.2, 0) is 6.54 Å². The number of anilines is 1. The molecule has 6 heteroatoms. The van der Waals surface area contributed by atoms with Crippen molar-refractivity contribution in [2.24, 2.45) is 0 Å². The number of benzene rings is 3. The quantitative estimate of drug-likeness (QED) is 0.351. The second-order valence-corrected chi connectivity index (χ2v) is 8.75. The molecule has 0 bridgehead atoms. The Morgan fingerprint density at radius 2 is 1.75 bits per heavy atom. The summed E-state index contributed by atoms with van der Waals surface area (Å²) >= 11 is 1.46. The minimum Gasteiger partial charge on any atom is -0.451 e. The van der Waals surface area contributed by atoms with Gasteiger partial charge in [0.1, 0.15) is 5.58 Å². The first-order chi connectivity index (χ1) is 15.5. The number of aromatic nitrogens is 1. The summed E-state index contributed by atoms with van der Waals surface area (Å²) in [6, 6.07) is 22.0. The normalized spacial score (nSPS) is 11.2. The summed E-state index contributed by atoms with van der Waals surface area (Å²) in [7, 11) is 0. The van der Waals surface area contributed by atoms with Crippen LogP contribution in [0.2, 0.25) is 0 Å². The molecule has 0 atom stereocenters. The van der Waals surface area contributed by atoms with Gasteiger partial charge in [0.25, 0.3) is 5.91 Å². The Labute approximate surface area is 188 Å². The van der Waals surface area contributed by atoms with Gasteiger partial charge in [-0.2, -0.15) is 0 Å². The number of carbonyl (C=O) groups excluding carboxylic acids is 1. The second-order valence-electron chi connectivity index (χ2n) is 7.77. The van der Waals surface area contributed by atoms with E-state index in [0.717, 1.165) is 26.9 Å². The molecule has 0 saturated carbocycles. The smallest absolute Gasteiger partial charge is 0.296 e. The predicted octanol–water partition coefficient (Wildman–Crippen LogP) is 5.87. The highest BCUT2D eigenvalue weighted by molar-refractivity contribution is 7.22. The Morgan fingerprint density at radius 1 is 1.00 bits per heavy atom. The minimum absolute atomic E-state index is 0.00297. The zero-order valence-electron chi connectivity index (χ0n) is 17.7. The zero-order valence-corrected chi connectivity index (χ0v) is 18.5. The van der Waals surface area contributed by atoms with Crippen LogP contribution in [0.5, 0.6) is 0 Å². The number of amides is 1. The van der Waals surface area contributed by atoms with Crippen molar-refractivity contribution >= 4 is 43.6 Å². The van der Waals surface area contributed by atoms with E-state index in [1.54, 1.807) is 29.2 Å². The molecule has 3 aromatic carbocycles. The van der Waals surface area contributed by atoms with E-state index in [2.05, 4.69) is 6.07 Å². The highest BCUT2D eigenvalue weighted by atomic mass is 32.1. The summed E-state index contributed by atoms with van der Waals surface area (Å²) in [5.41, 5.74) is 4.19. The van der Waals surface area contributed by atoms with Crippen LogP contribution < -0.4 is 10.3 Å². The maximum atomic E-state index is 13.6. The largest absolute Gasteiger partial charge is 0.451 e. The van der Waals surface area contributed by atoms with Gasteiger partial charge in [-0.3, -0.25) is 14.5 Å². The number of thiazole rings is 1. The molecule has 0 spiro atoms. The maximum Gasteiger partial charge on any atom is 0.296 e. The summed E-state index contributed by atoms with van der Waals surface area (Å²) in [6.45, 7) is 4.39. The van der Waals surface area contributed by atoms with Crippen molar-refractivity contribution in [2.45, 2.75) is 20.4 Å². The van der Waals surface area contributed by atoms with E-state index >= 15 is 0 Å². The standard InChI is InChI=1S/C26H20N2O3S/c1-16-12-17(2)24-20(13-16)27-26(32-24)28(15-18-8-4-3-5-9-18)25(30)23-14-21(29)19-10-6-7-11-22(19)31-23/h3-14H,15H2,1-2H3. The molecule has 0 fully saturated rings. The number of aryl methyl sites for hydroxylation is 2. The number of nitrogens with zero attached hydrogens (tertiary/aromatic N) is 2. The number of carbonyl (C=O) groups is 1. The average Bonchev–Trinajstić information content (AvgIpc) is 3.22. The summed E-state index contributed by atoms with van der Waals surface area (Å²) in [4.78, 5) is 32.6. The van der Waals surface area contributed by atoms with Crippen LogP contribution in [0.3, 0.4) is 0 Å². The molecule has 0 radical (unpaired) electrons. The van der Waals surface area contributed by atoms with Gasteiger partial charge in [-0.05, 0) is 48.7 Å². The van der Waals surface area contributed by atoms with E-state index in [1.165, 1.54) is 17.4 Å². The van der Waals surface area contributed by atoms with Crippen molar-refractivity contribution in [3.8, 4) is 0 Å². The van der Waals surface area contributed by atoms with Gasteiger partial charge in [0.2, 0.25) is 0 Å². The van der Waals surface area contributed by atoms with E-state index in [4.69, 9.17) is 9.40 Å². The summed E-state index contributed by atoms with van der Waals surface area (Å²) in [5.74, 6) is -0.401. The summed E-state index contributed by atoms with van der Waals surface area (Å²) < 4.78 is 6.89. The molecule has 0 N–H and O–H groups in total. The molecule has 0 aliphatic heterocycles. The third-order valence-electron chi connectivity index (χ3n) is 5.31. The Bertz CT molecular complexity index is 1520. The molecule has 0 saturated heterocycles. The summed E-state index contributed by atoms with van der Waals surface area (Å²) in [6.07, 6.45) is 0. The lowest BCUT2D eigenvalue weighted by molar-refractivity contribution is 0.0959. The monoisotopic (exact) mass is 440 g/mol. The van der Waals surface area contributed by atoms with Crippen LogP contribution in [0.4, 0.5) is 5.13 Å². The zero-order chi connectivity index (χ0) is 22.2. The van der Waals surface area contributed by atoms with Crippen molar-refractivity contribution in [1.29, 1.82) is 0 Å². The number of para-hydroxylation sites is 1. The number of hydrogen-bond acceptors (Lipinski definition) is 5. The third kappa shape index (κ3) is 3.69. The molecule has 5 rings (SSSR count). The lowest BCUT2D eigenvalue weighted by Gasteiger charge is -2.19. The SMILES string of the molecule is Cc1cc(C)c2sc(N(Cc3ccccc3)C(=O)c3cc(=O)c4ccccc4o3)nc2c1. The third-order valence-corrected chi connectivity index (χ3v) is 6.54. The highest BCUT2D eigenvalue weighted by Gasteiger charge is 2.25. The van der Waals surface area contributed by atoms with Crippen LogP contribution >= 0.6 is 11.3 Å². The topological polar surface area (TPSA) is 63.4 Å². The fourth-order valence-electron chi connectivity index (χ4n) is 3.82. The molecule has 0 aliphatic rings. The van der Waals surface area contributed by atoms with E-state index in [0.29, 0.717) is 22.6 Å². The first-order valence-corrected chi connectivity index (χ1v) is 11.1. The van der Waals surface area contributed by atoms with Crippen LogP contribution in [-0.4, -0.2) is 10.9 Å². The average molecular weight is 441 g/mol. The van der Waals surface area contributed by atoms with E-state index in [-0.39, 0.29) is 11.2 Å². The Hall–Kier alpha value is -3.77. The molecule has 0 unspecified atom stereocenters. The van der Waals surface area contributed by atoms with Crippen LogP contribution in [0.15, 0.2) is 82.0 Å². The van der Waals surface area contributed by atoms with E-state index in [1.807, 2.05) is 50.2 Å². The highest BCUT2D eigenvalue weighted by Crippen LogP contribution is 2.33. The lowest BCUT2D eigenvalue weighted by atomic mass is 10.1. The molecule has 5 nitrogen and oxygen atoms in total. The minimum atomic E-state index is -0.398. The molecule has 2 aromatic heterocycles. The van der Waals surface area contributed by atoms with Gasteiger partial charge >= 0.3 is 0 Å². The molecule has 158 valence electrons.